The van der Waals surface area contributed by atoms with Crippen LogP contribution >= 0.6 is 15.9 Å². The highest BCUT2D eigenvalue weighted by atomic mass is 79.9. The van der Waals surface area contributed by atoms with Gasteiger partial charge < -0.3 is 4.84 Å². The Kier molecular flexibility index (Phi) is 4.66. The van der Waals surface area contributed by atoms with Gasteiger partial charge in [-0.15, -0.1) is 0 Å². The zero-order chi connectivity index (χ0) is 10.4. The van der Waals surface area contributed by atoms with Gasteiger partial charge in [0.05, 0.1) is 6.21 Å². The van der Waals surface area contributed by atoms with Gasteiger partial charge in [-0.05, 0) is 19.4 Å². The van der Waals surface area contributed by atoms with Crippen molar-refractivity contribution in [1.82, 2.24) is 0 Å². The molecule has 2 nitrogen and oxygen atoms in total. The first-order chi connectivity index (χ1) is 6.74. The zero-order valence-corrected chi connectivity index (χ0v) is 9.99. The van der Waals surface area contributed by atoms with E-state index in [1.807, 2.05) is 31.2 Å². The molecule has 14 heavy (non-hydrogen) atoms. The average Bonchev–Trinajstić information content (AvgIpc) is 2.20. The van der Waals surface area contributed by atoms with Crippen LogP contribution in [-0.2, 0) is 4.84 Å². The lowest BCUT2D eigenvalue weighted by molar-refractivity contribution is 0.0712. The minimum Gasteiger partial charge on any atom is -0.393 e. The van der Waals surface area contributed by atoms with E-state index in [-0.39, 0.29) is 6.10 Å². The molecule has 76 valence electrons. The van der Waals surface area contributed by atoms with E-state index in [9.17, 15) is 0 Å². The molecule has 3 heteroatoms. The Hall–Kier alpha value is -0.830. The maximum absolute atomic E-state index is 5.20. The maximum Gasteiger partial charge on any atom is 0.124 e. The topological polar surface area (TPSA) is 21.6 Å². The third kappa shape index (κ3) is 3.50. The van der Waals surface area contributed by atoms with Crippen molar-refractivity contribution in [2.75, 3.05) is 0 Å². The molecule has 1 rings (SSSR count). The van der Waals surface area contributed by atoms with Crippen molar-refractivity contribution in [3.05, 3.63) is 34.3 Å². The molecule has 0 bridgehead atoms. The second kappa shape index (κ2) is 5.81. The lowest BCUT2D eigenvalue weighted by Crippen LogP contribution is -2.01. The van der Waals surface area contributed by atoms with Gasteiger partial charge >= 0.3 is 0 Å². The molecule has 1 aromatic carbocycles. The Morgan fingerprint density at radius 1 is 1.50 bits per heavy atom. The lowest BCUT2D eigenvalue weighted by atomic mass is 10.2. The Labute approximate surface area is 93.1 Å². The number of hydrogen-bond donors (Lipinski definition) is 0. The summed E-state index contributed by atoms with van der Waals surface area (Å²) in [6.45, 7) is 4.07. The molecule has 0 saturated heterocycles. The van der Waals surface area contributed by atoms with E-state index >= 15 is 0 Å². The Morgan fingerprint density at radius 2 is 2.21 bits per heavy atom. The first-order valence-corrected chi connectivity index (χ1v) is 5.47. The number of hydrogen-bond acceptors (Lipinski definition) is 2. The van der Waals surface area contributed by atoms with Crippen molar-refractivity contribution in [1.29, 1.82) is 0 Å². The van der Waals surface area contributed by atoms with Crippen LogP contribution in [0.3, 0.4) is 0 Å². The summed E-state index contributed by atoms with van der Waals surface area (Å²) in [5.41, 5.74) is 1.02. The van der Waals surface area contributed by atoms with Crippen molar-refractivity contribution in [2.45, 2.75) is 26.4 Å². The highest BCUT2D eigenvalue weighted by Crippen LogP contribution is 2.13. The van der Waals surface area contributed by atoms with Crippen LogP contribution in [0.1, 0.15) is 25.8 Å². The molecule has 0 aromatic heterocycles. The molecule has 0 spiro atoms. The van der Waals surface area contributed by atoms with E-state index in [4.69, 9.17) is 4.84 Å². The van der Waals surface area contributed by atoms with Crippen LogP contribution in [0.2, 0.25) is 0 Å². The minimum absolute atomic E-state index is 0.175. The van der Waals surface area contributed by atoms with Crippen molar-refractivity contribution in [3.8, 4) is 0 Å². The summed E-state index contributed by atoms with van der Waals surface area (Å²) in [7, 11) is 0. The first kappa shape index (κ1) is 11.2. The van der Waals surface area contributed by atoms with E-state index in [0.717, 1.165) is 16.5 Å². The Balaban J connectivity index is 2.56. The number of nitrogens with zero attached hydrogens (tertiary/aromatic N) is 1. The van der Waals surface area contributed by atoms with Crippen LogP contribution in [0.25, 0.3) is 0 Å². The fourth-order valence-electron chi connectivity index (χ4n) is 0.845. The van der Waals surface area contributed by atoms with Gasteiger partial charge in [0.2, 0.25) is 0 Å². The van der Waals surface area contributed by atoms with Crippen molar-refractivity contribution >= 4 is 22.1 Å². The molecule has 0 aliphatic rings. The molecular weight excluding hydrogens is 242 g/mol. The maximum atomic E-state index is 5.20. The molecule has 1 atom stereocenters. The van der Waals surface area contributed by atoms with Gasteiger partial charge in [0.15, 0.2) is 0 Å². The van der Waals surface area contributed by atoms with Crippen LogP contribution < -0.4 is 0 Å². The predicted molar refractivity (Wildman–Crippen MR) is 62.6 cm³/mol. The molecule has 0 aliphatic heterocycles. The van der Waals surface area contributed by atoms with E-state index in [2.05, 4.69) is 28.0 Å². The smallest absolute Gasteiger partial charge is 0.124 e. The van der Waals surface area contributed by atoms with Crippen molar-refractivity contribution in [3.63, 3.8) is 0 Å². The third-order valence-electron chi connectivity index (χ3n) is 1.91. The molecule has 0 saturated carbocycles. The highest BCUT2D eigenvalue weighted by Gasteiger charge is 1.96. The van der Waals surface area contributed by atoms with Gasteiger partial charge in [0.1, 0.15) is 6.10 Å². The zero-order valence-electron chi connectivity index (χ0n) is 8.40. The van der Waals surface area contributed by atoms with Gasteiger partial charge in [-0.25, -0.2) is 0 Å². The summed E-state index contributed by atoms with van der Waals surface area (Å²) in [5.74, 6) is 0. The highest BCUT2D eigenvalue weighted by molar-refractivity contribution is 9.10. The Morgan fingerprint density at radius 3 is 2.86 bits per heavy atom. The molecule has 0 heterocycles. The standard InChI is InChI=1S/C11H14BrNO/c1-3-9(2)14-13-8-10-6-4-5-7-11(10)12/h4-9H,3H2,1-2H3. The van der Waals surface area contributed by atoms with Gasteiger partial charge in [-0.1, -0.05) is 46.2 Å². The molecule has 0 radical (unpaired) electrons. The molecule has 1 unspecified atom stereocenters. The van der Waals surface area contributed by atoms with Crippen LogP contribution in [0.4, 0.5) is 0 Å². The molecule has 0 amide bonds. The second-order valence-electron chi connectivity index (χ2n) is 3.08. The molecule has 0 aliphatic carbocycles. The third-order valence-corrected chi connectivity index (χ3v) is 2.63. The summed E-state index contributed by atoms with van der Waals surface area (Å²) in [4.78, 5) is 5.20. The van der Waals surface area contributed by atoms with Crippen LogP contribution in [0.5, 0.6) is 0 Å². The lowest BCUT2D eigenvalue weighted by Gasteiger charge is -2.04. The van der Waals surface area contributed by atoms with E-state index in [1.165, 1.54) is 0 Å². The van der Waals surface area contributed by atoms with E-state index in [0.29, 0.717) is 0 Å². The summed E-state index contributed by atoms with van der Waals surface area (Å²) >= 11 is 3.43. The number of benzene rings is 1. The van der Waals surface area contributed by atoms with Crippen molar-refractivity contribution in [2.24, 2.45) is 5.16 Å². The van der Waals surface area contributed by atoms with Gasteiger partial charge in [0.25, 0.3) is 0 Å². The van der Waals surface area contributed by atoms with Crippen LogP contribution in [0, 0.1) is 0 Å². The second-order valence-corrected chi connectivity index (χ2v) is 3.93. The van der Waals surface area contributed by atoms with Gasteiger partial charge in [-0.2, -0.15) is 0 Å². The average molecular weight is 256 g/mol. The largest absolute Gasteiger partial charge is 0.393 e. The normalized spacial score (nSPS) is 13.1. The first-order valence-electron chi connectivity index (χ1n) is 4.67. The quantitative estimate of drug-likeness (QED) is 0.595. The van der Waals surface area contributed by atoms with Gasteiger partial charge in [0, 0.05) is 10.0 Å². The summed E-state index contributed by atoms with van der Waals surface area (Å²) in [6, 6.07) is 7.89. The summed E-state index contributed by atoms with van der Waals surface area (Å²) < 4.78 is 1.02. The molecular formula is C11H14BrNO. The SMILES string of the molecule is CCC(C)ON=Cc1ccccc1Br. The minimum atomic E-state index is 0.175. The Bertz CT molecular complexity index is 312. The summed E-state index contributed by atoms with van der Waals surface area (Å²) in [6.07, 6.45) is 2.86. The number of oxime groups is 1. The van der Waals surface area contributed by atoms with Crippen molar-refractivity contribution < 1.29 is 4.84 Å². The predicted octanol–water partition coefficient (Wildman–Crippen LogP) is 3.60. The molecule has 0 fully saturated rings. The fourth-order valence-corrected chi connectivity index (χ4v) is 1.23. The van der Waals surface area contributed by atoms with E-state index in [1.54, 1.807) is 6.21 Å². The number of halogens is 1. The molecule has 0 N–H and O–H groups in total. The summed E-state index contributed by atoms with van der Waals surface area (Å²) in [5, 5.41) is 3.92. The monoisotopic (exact) mass is 255 g/mol. The molecule has 1 aromatic rings. The van der Waals surface area contributed by atoms with Gasteiger partial charge in [-0.3, -0.25) is 0 Å². The van der Waals surface area contributed by atoms with Crippen LogP contribution in [-0.4, -0.2) is 12.3 Å². The van der Waals surface area contributed by atoms with E-state index < -0.39 is 0 Å². The van der Waals surface area contributed by atoms with Crippen LogP contribution in [0.15, 0.2) is 33.9 Å². The fraction of sp³-hybridized carbons (Fsp3) is 0.364. The number of rotatable bonds is 4.